The lowest BCUT2D eigenvalue weighted by Gasteiger charge is -2.31. The Labute approximate surface area is 139 Å². The van der Waals surface area contributed by atoms with E-state index in [2.05, 4.69) is 37.6 Å². The summed E-state index contributed by atoms with van der Waals surface area (Å²) in [4.78, 5) is 12.8. The van der Waals surface area contributed by atoms with Gasteiger partial charge in [-0.3, -0.25) is 15.0 Å². The fraction of sp³-hybridized carbons (Fsp3) is 0.353. The monoisotopic (exact) mass is 325 g/mol. The molecule has 0 aliphatic carbocycles. The molecule has 1 aliphatic heterocycles. The predicted octanol–water partition coefficient (Wildman–Crippen LogP) is 3.31. The van der Waals surface area contributed by atoms with Crippen molar-refractivity contribution >= 4 is 11.3 Å². The second-order valence-electron chi connectivity index (χ2n) is 5.94. The quantitative estimate of drug-likeness (QED) is 0.799. The molecule has 4 rings (SSSR count). The van der Waals surface area contributed by atoms with Gasteiger partial charge >= 0.3 is 0 Å². The van der Waals surface area contributed by atoms with Crippen LogP contribution < -0.4 is 0 Å². The second kappa shape index (κ2) is 6.60. The molecule has 4 heterocycles. The zero-order valence-electron chi connectivity index (χ0n) is 12.9. The zero-order chi connectivity index (χ0) is 15.5. The molecule has 0 bridgehead atoms. The maximum atomic E-state index is 4.70. The van der Waals surface area contributed by atoms with E-state index in [0.717, 1.165) is 36.8 Å². The molecule has 0 radical (unpaired) electrons. The van der Waals surface area contributed by atoms with E-state index in [9.17, 15) is 0 Å². The van der Waals surface area contributed by atoms with Crippen molar-refractivity contribution in [2.75, 3.05) is 13.1 Å². The number of thiophene rings is 1. The van der Waals surface area contributed by atoms with Crippen molar-refractivity contribution in [1.29, 1.82) is 0 Å². The van der Waals surface area contributed by atoms with Gasteiger partial charge in [0.25, 0.3) is 0 Å². The molecule has 23 heavy (non-hydrogen) atoms. The maximum absolute atomic E-state index is 4.70. The summed E-state index contributed by atoms with van der Waals surface area (Å²) >= 11 is 1.83. The Morgan fingerprint density at radius 3 is 3.13 bits per heavy atom. The number of pyridine rings is 1. The molecule has 3 aromatic rings. The summed E-state index contributed by atoms with van der Waals surface area (Å²) < 4.78 is 0. The minimum Gasteiger partial charge on any atom is -0.298 e. The molecule has 0 aromatic carbocycles. The van der Waals surface area contributed by atoms with E-state index in [1.807, 2.05) is 23.5 Å². The molecule has 1 saturated heterocycles. The Bertz CT molecular complexity index is 737. The van der Waals surface area contributed by atoms with Gasteiger partial charge in [0.15, 0.2) is 5.82 Å². The molecule has 5 nitrogen and oxygen atoms in total. The van der Waals surface area contributed by atoms with Gasteiger partial charge in [-0.1, -0.05) is 6.07 Å². The van der Waals surface area contributed by atoms with Crippen LogP contribution in [0.1, 0.15) is 29.5 Å². The molecule has 1 unspecified atom stereocenters. The Morgan fingerprint density at radius 1 is 1.30 bits per heavy atom. The molecule has 1 atom stereocenters. The van der Waals surface area contributed by atoms with Gasteiger partial charge in [0.05, 0.1) is 0 Å². The molecule has 1 fully saturated rings. The summed E-state index contributed by atoms with van der Waals surface area (Å²) in [5.74, 6) is 2.17. The minimum atomic E-state index is 0.432. The third-order valence-electron chi connectivity index (χ3n) is 4.27. The average Bonchev–Trinajstić information content (AvgIpc) is 3.28. The summed E-state index contributed by atoms with van der Waals surface area (Å²) in [6.07, 6.45) is 5.94. The summed E-state index contributed by atoms with van der Waals surface area (Å²) in [5.41, 5.74) is 0.959. The van der Waals surface area contributed by atoms with Gasteiger partial charge in [-0.05, 0) is 43.0 Å². The van der Waals surface area contributed by atoms with Gasteiger partial charge in [0, 0.05) is 41.8 Å². The summed E-state index contributed by atoms with van der Waals surface area (Å²) in [7, 11) is 0. The summed E-state index contributed by atoms with van der Waals surface area (Å²) in [6, 6.07) is 8.24. The zero-order valence-corrected chi connectivity index (χ0v) is 13.7. The molecule has 0 spiro atoms. The topological polar surface area (TPSA) is 57.7 Å². The van der Waals surface area contributed by atoms with E-state index in [1.165, 1.54) is 17.7 Å². The smallest absolute Gasteiger partial charge is 0.182 e. The van der Waals surface area contributed by atoms with E-state index >= 15 is 0 Å². The van der Waals surface area contributed by atoms with E-state index in [1.54, 1.807) is 12.4 Å². The number of aromatic amines is 1. The van der Waals surface area contributed by atoms with Crippen LogP contribution in [0.4, 0.5) is 0 Å². The fourth-order valence-electron chi connectivity index (χ4n) is 3.13. The largest absolute Gasteiger partial charge is 0.298 e. The highest BCUT2D eigenvalue weighted by atomic mass is 32.1. The van der Waals surface area contributed by atoms with Gasteiger partial charge in [0.1, 0.15) is 5.82 Å². The van der Waals surface area contributed by atoms with E-state index in [4.69, 9.17) is 4.98 Å². The first-order valence-electron chi connectivity index (χ1n) is 7.96. The first kappa shape index (κ1) is 14.5. The van der Waals surface area contributed by atoms with Crippen LogP contribution in [0.25, 0.3) is 11.4 Å². The third kappa shape index (κ3) is 3.33. The van der Waals surface area contributed by atoms with Gasteiger partial charge in [-0.2, -0.15) is 5.10 Å². The number of likely N-dealkylation sites (tertiary alicyclic amines) is 1. The fourth-order valence-corrected chi connectivity index (χ4v) is 3.87. The summed E-state index contributed by atoms with van der Waals surface area (Å²) in [5, 5.41) is 9.66. The van der Waals surface area contributed by atoms with Crippen molar-refractivity contribution in [2.45, 2.75) is 25.3 Å². The Balaban J connectivity index is 1.46. The molecule has 6 heteroatoms. The van der Waals surface area contributed by atoms with Gasteiger partial charge in [-0.15, -0.1) is 11.3 Å². The number of nitrogens with one attached hydrogen (secondary N) is 1. The molecule has 3 aromatic heterocycles. The van der Waals surface area contributed by atoms with Crippen LogP contribution in [0.15, 0.2) is 42.0 Å². The molecule has 0 amide bonds. The number of aromatic nitrogens is 4. The van der Waals surface area contributed by atoms with Crippen molar-refractivity contribution in [2.24, 2.45) is 0 Å². The van der Waals surface area contributed by atoms with Crippen molar-refractivity contribution in [3.8, 4) is 11.4 Å². The lowest BCUT2D eigenvalue weighted by Crippen LogP contribution is -2.34. The average molecular weight is 325 g/mol. The number of H-pyrrole nitrogens is 1. The highest BCUT2D eigenvalue weighted by Crippen LogP contribution is 2.27. The van der Waals surface area contributed by atoms with Crippen LogP contribution in [0.5, 0.6) is 0 Å². The molecule has 1 N–H and O–H groups in total. The number of hydrogen-bond acceptors (Lipinski definition) is 5. The van der Waals surface area contributed by atoms with Crippen LogP contribution in [-0.2, 0) is 6.54 Å². The lowest BCUT2D eigenvalue weighted by atomic mass is 9.97. The second-order valence-corrected chi connectivity index (χ2v) is 6.97. The predicted molar refractivity (Wildman–Crippen MR) is 91.2 cm³/mol. The molecule has 1 aliphatic rings. The normalized spacial score (nSPS) is 19.0. The van der Waals surface area contributed by atoms with E-state index in [-0.39, 0.29) is 0 Å². The Kier molecular flexibility index (Phi) is 4.17. The van der Waals surface area contributed by atoms with Crippen LogP contribution in [0.2, 0.25) is 0 Å². The van der Waals surface area contributed by atoms with Gasteiger partial charge in [0.2, 0.25) is 0 Å². The number of hydrogen-bond donors (Lipinski definition) is 1. The standard InChI is InChI=1S/C17H19N5S/c1-4-13(10-18-7-1)16-19-17(21-20-16)14-5-2-8-22(11-14)12-15-6-3-9-23-15/h1,3-4,6-7,9-10,14H,2,5,8,11-12H2,(H,19,20,21). The third-order valence-corrected chi connectivity index (χ3v) is 5.14. The SMILES string of the molecule is c1cncc(-c2n[nH]c(C3CCCN(Cc4cccs4)C3)n2)c1. The molecular formula is C17H19N5S. The molecule has 0 saturated carbocycles. The Morgan fingerprint density at radius 2 is 2.30 bits per heavy atom. The van der Waals surface area contributed by atoms with Crippen molar-refractivity contribution in [3.63, 3.8) is 0 Å². The molecular weight excluding hydrogens is 306 g/mol. The number of piperidine rings is 1. The number of nitrogens with zero attached hydrogens (tertiary/aromatic N) is 4. The highest BCUT2D eigenvalue weighted by molar-refractivity contribution is 7.09. The first-order chi connectivity index (χ1) is 11.4. The highest BCUT2D eigenvalue weighted by Gasteiger charge is 2.24. The van der Waals surface area contributed by atoms with E-state index < -0.39 is 0 Å². The van der Waals surface area contributed by atoms with Crippen LogP contribution >= 0.6 is 11.3 Å². The van der Waals surface area contributed by atoms with Crippen molar-refractivity contribution in [3.05, 3.63) is 52.7 Å². The lowest BCUT2D eigenvalue weighted by molar-refractivity contribution is 0.198. The number of rotatable bonds is 4. The van der Waals surface area contributed by atoms with Crippen molar-refractivity contribution in [1.82, 2.24) is 25.1 Å². The van der Waals surface area contributed by atoms with Crippen molar-refractivity contribution < 1.29 is 0 Å². The molecule has 118 valence electrons. The van der Waals surface area contributed by atoms with Gasteiger partial charge < -0.3 is 0 Å². The Hall–Kier alpha value is -2.05. The minimum absolute atomic E-state index is 0.432. The first-order valence-corrected chi connectivity index (χ1v) is 8.84. The van der Waals surface area contributed by atoms with Gasteiger partial charge in [-0.25, -0.2) is 4.98 Å². The van der Waals surface area contributed by atoms with Crippen LogP contribution in [-0.4, -0.2) is 38.2 Å². The van der Waals surface area contributed by atoms with Crippen LogP contribution in [0.3, 0.4) is 0 Å². The maximum Gasteiger partial charge on any atom is 0.182 e. The van der Waals surface area contributed by atoms with E-state index in [0.29, 0.717) is 5.92 Å². The van der Waals surface area contributed by atoms with Crippen LogP contribution in [0, 0.1) is 0 Å². The summed E-state index contributed by atoms with van der Waals surface area (Å²) in [6.45, 7) is 3.25.